The van der Waals surface area contributed by atoms with E-state index < -0.39 is 0 Å². The van der Waals surface area contributed by atoms with Crippen LogP contribution >= 0.6 is 0 Å². The molecule has 0 spiro atoms. The Morgan fingerprint density at radius 2 is 2.23 bits per heavy atom. The first-order valence-corrected chi connectivity index (χ1v) is 8.42. The molecule has 1 aliphatic carbocycles. The molecule has 1 fully saturated rings. The average Bonchev–Trinajstić information content (AvgIpc) is 3.31. The van der Waals surface area contributed by atoms with E-state index >= 15 is 0 Å². The van der Waals surface area contributed by atoms with Crippen LogP contribution in [0.4, 0.5) is 0 Å². The van der Waals surface area contributed by atoms with Crippen molar-refractivity contribution < 1.29 is 9.26 Å². The topological polar surface area (TPSA) is 109 Å². The second-order valence-electron chi connectivity index (χ2n) is 6.30. The normalized spacial score (nSPS) is 14.7. The van der Waals surface area contributed by atoms with Gasteiger partial charge in [-0.1, -0.05) is 11.6 Å². The van der Waals surface area contributed by atoms with E-state index in [1.165, 1.54) is 19.0 Å². The van der Waals surface area contributed by atoms with Gasteiger partial charge in [0.25, 0.3) is 0 Å². The van der Waals surface area contributed by atoms with Gasteiger partial charge >= 0.3 is 0 Å². The Morgan fingerprint density at radius 1 is 1.31 bits per heavy atom. The molecule has 0 saturated heterocycles. The molecule has 0 radical (unpaired) electrons. The maximum atomic E-state index is 6.01. The van der Waals surface area contributed by atoms with Crippen molar-refractivity contribution in [1.82, 2.24) is 39.7 Å². The standard InChI is InChI=1S/C16H16N8O2/c1-23-14(17-9-18-23)8-25-16-11(10-3-2-4-10)7-13-19-20-15(24(13)21-16)12-5-6-26-22-12/h5-7,9-10H,2-4,8H2,1H3. The molecule has 4 aromatic heterocycles. The molecule has 0 bridgehead atoms. The molecular formula is C16H16N8O2. The molecule has 0 atom stereocenters. The summed E-state index contributed by atoms with van der Waals surface area (Å²) in [6.45, 7) is 0.288. The monoisotopic (exact) mass is 352 g/mol. The fourth-order valence-corrected chi connectivity index (χ4v) is 3.03. The molecule has 4 aromatic rings. The summed E-state index contributed by atoms with van der Waals surface area (Å²) in [4.78, 5) is 4.20. The van der Waals surface area contributed by atoms with Gasteiger partial charge in [0, 0.05) is 18.7 Å². The van der Waals surface area contributed by atoms with Crippen LogP contribution in [0, 0.1) is 0 Å². The highest BCUT2D eigenvalue weighted by Crippen LogP contribution is 2.40. The van der Waals surface area contributed by atoms with Crippen LogP contribution in [0.2, 0.25) is 0 Å². The van der Waals surface area contributed by atoms with Gasteiger partial charge in [-0.3, -0.25) is 4.68 Å². The second-order valence-corrected chi connectivity index (χ2v) is 6.30. The fourth-order valence-electron chi connectivity index (χ4n) is 3.03. The zero-order valence-corrected chi connectivity index (χ0v) is 14.1. The van der Waals surface area contributed by atoms with E-state index in [0.29, 0.717) is 29.0 Å². The van der Waals surface area contributed by atoms with Crippen molar-refractivity contribution in [2.24, 2.45) is 7.05 Å². The summed E-state index contributed by atoms with van der Waals surface area (Å²) >= 11 is 0. The fraction of sp³-hybridized carbons (Fsp3) is 0.375. The van der Waals surface area contributed by atoms with Gasteiger partial charge < -0.3 is 9.26 Å². The Morgan fingerprint density at radius 3 is 2.92 bits per heavy atom. The molecule has 132 valence electrons. The van der Waals surface area contributed by atoms with Gasteiger partial charge in [0.05, 0.1) is 0 Å². The lowest BCUT2D eigenvalue weighted by Crippen LogP contribution is -2.14. The first-order chi connectivity index (χ1) is 12.8. The number of rotatable bonds is 5. The van der Waals surface area contributed by atoms with Gasteiger partial charge in [0.2, 0.25) is 11.7 Å². The van der Waals surface area contributed by atoms with Crippen molar-refractivity contribution in [1.29, 1.82) is 0 Å². The molecule has 0 amide bonds. The molecule has 10 nitrogen and oxygen atoms in total. The van der Waals surface area contributed by atoms with Gasteiger partial charge in [-0.25, -0.2) is 4.98 Å². The summed E-state index contributed by atoms with van der Waals surface area (Å²) < 4.78 is 14.2. The van der Waals surface area contributed by atoms with E-state index in [0.717, 1.165) is 24.2 Å². The Kier molecular flexibility index (Phi) is 3.40. The predicted octanol–water partition coefficient (Wildman–Crippen LogP) is 1.75. The molecule has 5 rings (SSSR count). The minimum absolute atomic E-state index is 0.288. The number of ether oxygens (including phenoxy) is 1. The van der Waals surface area contributed by atoms with Crippen molar-refractivity contribution in [3.05, 3.63) is 36.1 Å². The van der Waals surface area contributed by atoms with E-state index in [2.05, 4.69) is 30.5 Å². The number of nitrogens with zero attached hydrogens (tertiary/aromatic N) is 8. The zero-order valence-electron chi connectivity index (χ0n) is 14.1. The maximum absolute atomic E-state index is 6.01. The van der Waals surface area contributed by atoms with Gasteiger partial charge in [-0.05, 0) is 24.8 Å². The summed E-state index contributed by atoms with van der Waals surface area (Å²) in [7, 11) is 1.83. The molecule has 10 heteroatoms. The Hall–Kier alpha value is -3.30. The molecular weight excluding hydrogens is 336 g/mol. The van der Waals surface area contributed by atoms with Gasteiger partial charge in [0.1, 0.15) is 19.2 Å². The molecule has 0 N–H and O–H groups in total. The van der Waals surface area contributed by atoms with Crippen molar-refractivity contribution in [3.63, 3.8) is 0 Å². The van der Waals surface area contributed by atoms with Crippen molar-refractivity contribution in [2.75, 3.05) is 0 Å². The van der Waals surface area contributed by atoms with Crippen LogP contribution in [-0.2, 0) is 13.7 Å². The maximum Gasteiger partial charge on any atom is 0.235 e. The summed E-state index contributed by atoms with van der Waals surface area (Å²) in [5, 5.41) is 21.1. The molecule has 0 aliphatic heterocycles. The van der Waals surface area contributed by atoms with E-state index in [-0.39, 0.29) is 6.61 Å². The number of aryl methyl sites for hydroxylation is 1. The van der Waals surface area contributed by atoms with E-state index in [9.17, 15) is 0 Å². The third kappa shape index (κ3) is 2.41. The molecule has 0 unspecified atom stereocenters. The summed E-state index contributed by atoms with van der Waals surface area (Å²) in [6.07, 6.45) is 6.47. The highest BCUT2D eigenvalue weighted by atomic mass is 16.5. The minimum Gasteiger partial charge on any atom is -0.468 e. The highest BCUT2D eigenvalue weighted by molar-refractivity contribution is 5.55. The Labute approximate surface area is 147 Å². The third-order valence-corrected chi connectivity index (χ3v) is 4.74. The van der Waals surface area contributed by atoms with Gasteiger partial charge in [-0.15, -0.1) is 15.3 Å². The Balaban J connectivity index is 1.56. The van der Waals surface area contributed by atoms with Crippen LogP contribution in [0.5, 0.6) is 5.88 Å². The van der Waals surface area contributed by atoms with E-state index in [1.54, 1.807) is 15.3 Å². The van der Waals surface area contributed by atoms with Crippen LogP contribution in [0.3, 0.4) is 0 Å². The van der Waals surface area contributed by atoms with Crippen molar-refractivity contribution in [3.8, 4) is 17.4 Å². The molecule has 1 saturated carbocycles. The number of aromatic nitrogens is 8. The largest absolute Gasteiger partial charge is 0.468 e. The molecule has 1 aliphatic rings. The van der Waals surface area contributed by atoms with Crippen LogP contribution in [-0.4, -0.2) is 39.7 Å². The van der Waals surface area contributed by atoms with Crippen LogP contribution in [0.25, 0.3) is 17.2 Å². The van der Waals surface area contributed by atoms with E-state index in [1.807, 2.05) is 13.1 Å². The lowest BCUT2D eigenvalue weighted by Gasteiger charge is -2.26. The summed E-state index contributed by atoms with van der Waals surface area (Å²) in [6, 6.07) is 3.72. The van der Waals surface area contributed by atoms with Gasteiger partial charge in [-0.2, -0.15) is 9.61 Å². The molecule has 0 aromatic carbocycles. The SMILES string of the molecule is Cn1ncnc1COc1nn2c(-c3ccon3)nnc2cc1C1CCC1. The lowest BCUT2D eigenvalue weighted by molar-refractivity contribution is 0.263. The number of hydrogen-bond acceptors (Lipinski definition) is 8. The smallest absolute Gasteiger partial charge is 0.235 e. The highest BCUT2D eigenvalue weighted by Gasteiger charge is 2.26. The summed E-state index contributed by atoms with van der Waals surface area (Å²) in [5.74, 6) is 2.24. The van der Waals surface area contributed by atoms with E-state index in [4.69, 9.17) is 9.26 Å². The first-order valence-electron chi connectivity index (χ1n) is 8.42. The van der Waals surface area contributed by atoms with Crippen LogP contribution < -0.4 is 4.74 Å². The van der Waals surface area contributed by atoms with Crippen LogP contribution in [0.15, 0.2) is 29.2 Å². The number of fused-ring (bicyclic) bond motifs is 1. The number of hydrogen-bond donors (Lipinski definition) is 0. The summed E-state index contributed by atoms with van der Waals surface area (Å²) in [5.41, 5.74) is 2.29. The third-order valence-electron chi connectivity index (χ3n) is 4.74. The average molecular weight is 352 g/mol. The first kappa shape index (κ1) is 15.0. The van der Waals surface area contributed by atoms with Crippen LogP contribution in [0.1, 0.15) is 36.6 Å². The molecule has 26 heavy (non-hydrogen) atoms. The van der Waals surface area contributed by atoms with Crippen molar-refractivity contribution in [2.45, 2.75) is 31.8 Å². The quantitative estimate of drug-likeness (QED) is 0.534. The minimum atomic E-state index is 0.288. The molecule has 4 heterocycles. The Bertz CT molecular complexity index is 1050. The zero-order chi connectivity index (χ0) is 17.5. The second kappa shape index (κ2) is 5.90. The predicted molar refractivity (Wildman–Crippen MR) is 88.2 cm³/mol. The van der Waals surface area contributed by atoms with Crippen molar-refractivity contribution >= 4 is 5.65 Å². The van der Waals surface area contributed by atoms with Gasteiger partial charge in [0.15, 0.2) is 17.2 Å². The lowest BCUT2D eigenvalue weighted by atomic mass is 9.80.